The summed E-state index contributed by atoms with van der Waals surface area (Å²) in [6, 6.07) is 6.33. The summed E-state index contributed by atoms with van der Waals surface area (Å²) in [5.74, 6) is -1.15. The van der Waals surface area contributed by atoms with Crippen LogP contribution in [0.4, 0.5) is 4.39 Å². The van der Waals surface area contributed by atoms with Crippen molar-refractivity contribution in [3.05, 3.63) is 77.5 Å². The number of H-pyrrole nitrogens is 1. The van der Waals surface area contributed by atoms with E-state index in [4.69, 9.17) is 4.42 Å². The zero-order chi connectivity index (χ0) is 16.2. The molecule has 0 aliphatic heterocycles. The quantitative estimate of drug-likeness (QED) is 0.429. The molecule has 0 fully saturated rings. The van der Waals surface area contributed by atoms with Gasteiger partial charge in [0.25, 0.3) is 0 Å². The van der Waals surface area contributed by atoms with Crippen molar-refractivity contribution >= 4 is 11.5 Å². The first-order valence-electron chi connectivity index (χ1n) is 6.74. The van der Waals surface area contributed by atoms with Crippen molar-refractivity contribution in [2.45, 2.75) is 6.42 Å². The van der Waals surface area contributed by atoms with Gasteiger partial charge in [-0.2, -0.15) is 5.10 Å². The van der Waals surface area contributed by atoms with Crippen LogP contribution in [-0.2, 0) is 6.42 Å². The molecule has 0 atom stereocenters. The molecular weight excluding hydrogens is 301 g/mol. The summed E-state index contributed by atoms with van der Waals surface area (Å²) in [7, 11) is 0. The summed E-state index contributed by atoms with van der Waals surface area (Å²) >= 11 is 0. The molecule has 0 aliphatic carbocycles. The van der Waals surface area contributed by atoms with Crippen LogP contribution in [0.5, 0.6) is 0 Å². The Morgan fingerprint density at radius 2 is 2.13 bits per heavy atom. The zero-order valence-electron chi connectivity index (χ0n) is 11.9. The minimum absolute atomic E-state index is 0.00991. The van der Waals surface area contributed by atoms with Crippen LogP contribution in [0, 0.1) is 5.82 Å². The second-order valence-electron chi connectivity index (χ2n) is 4.81. The maximum absolute atomic E-state index is 13.7. The molecule has 2 heterocycles. The normalized spacial score (nSPS) is 11.6. The molecule has 0 spiro atoms. The van der Waals surface area contributed by atoms with E-state index in [-0.39, 0.29) is 23.8 Å². The van der Waals surface area contributed by atoms with Gasteiger partial charge in [-0.05, 0) is 11.6 Å². The van der Waals surface area contributed by atoms with Crippen LogP contribution in [0.2, 0.25) is 0 Å². The van der Waals surface area contributed by atoms with Gasteiger partial charge in [0, 0.05) is 18.1 Å². The Balaban J connectivity index is 1.86. The topological polar surface area (TPSA) is 92.0 Å². The lowest BCUT2D eigenvalue weighted by Crippen LogP contribution is -2.00. The number of ketones is 1. The van der Waals surface area contributed by atoms with Crippen LogP contribution in [0.15, 0.2) is 53.6 Å². The fraction of sp³-hybridized carbons (Fsp3) is 0.0625. The minimum atomic E-state index is -0.530. The first-order valence-corrected chi connectivity index (χ1v) is 6.74. The molecule has 2 N–H and O–H groups in total. The summed E-state index contributed by atoms with van der Waals surface area (Å²) in [5, 5.41) is 16.1. The molecular formula is C16H12FN3O3. The number of hydrogen-bond donors (Lipinski definition) is 2. The Labute approximate surface area is 130 Å². The summed E-state index contributed by atoms with van der Waals surface area (Å²) in [4.78, 5) is 15.6. The molecule has 7 heteroatoms. The van der Waals surface area contributed by atoms with E-state index in [1.54, 1.807) is 18.2 Å². The monoisotopic (exact) mass is 313 g/mol. The largest absolute Gasteiger partial charge is 0.507 e. The standard InChI is InChI=1S/C16H12FN3O3/c17-13-4-2-1-3-10(13)5-11-7-23-8-12(11)14(21)6-15(22)16-18-9-19-20-16/h1-4,6-9,21H,5H2,(H,18,19,20). The average molecular weight is 313 g/mol. The van der Waals surface area contributed by atoms with E-state index in [1.165, 1.54) is 24.9 Å². The van der Waals surface area contributed by atoms with Crippen molar-refractivity contribution < 1.29 is 18.7 Å². The van der Waals surface area contributed by atoms with Crippen molar-refractivity contribution in [2.24, 2.45) is 0 Å². The lowest BCUT2D eigenvalue weighted by molar-refractivity contribution is 0.103. The van der Waals surface area contributed by atoms with Crippen molar-refractivity contribution in [2.75, 3.05) is 0 Å². The van der Waals surface area contributed by atoms with Crippen LogP contribution in [-0.4, -0.2) is 26.1 Å². The molecule has 3 rings (SSSR count). The first-order chi connectivity index (χ1) is 11.1. The van der Waals surface area contributed by atoms with Gasteiger partial charge in [0.2, 0.25) is 5.78 Å². The van der Waals surface area contributed by atoms with Crippen LogP contribution >= 0.6 is 0 Å². The van der Waals surface area contributed by atoms with Gasteiger partial charge in [-0.25, -0.2) is 9.37 Å². The number of benzene rings is 1. The van der Waals surface area contributed by atoms with Crippen molar-refractivity contribution in [1.82, 2.24) is 15.2 Å². The van der Waals surface area contributed by atoms with Gasteiger partial charge >= 0.3 is 0 Å². The van der Waals surface area contributed by atoms with Gasteiger partial charge in [0.1, 0.15) is 24.2 Å². The van der Waals surface area contributed by atoms with E-state index in [0.29, 0.717) is 16.7 Å². The molecule has 0 saturated carbocycles. The number of aliphatic hydroxyl groups is 1. The van der Waals surface area contributed by atoms with Crippen molar-refractivity contribution in [3.8, 4) is 0 Å². The number of aromatic nitrogens is 3. The van der Waals surface area contributed by atoms with Gasteiger partial charge in [0.15, 0.2) is 5.82 Å². The number of carbonyl (C=O) groups excluding carboxylic acids is 1. The highest BCUT2D eigenvalue weighted by atomic mass is 19.1. The summed E-state index contributed by atoms with van der Waals surface area (Å²) in [5.41, 5.74) is 1.35. The second kappa shape index (κ2) is 6.27. The molecule has 0 radical (unpaired) electrons. The third kappa shape index (κ3) is 3.18. The number of furan rings is 1. The van der Waals surface area contributed by atoms with E-state index in [9.17, 15) is 14.3 Å². The molecule has 3 aromatic rings. The predicted molar refractivity (Wildman–Crippen MR) is 79.2 cm³/mol. The Morgan fingerprint density at radius 1 is 1.30 bits per heavy atom. The molecule has 0 amide bonds. The highest BCUT2D eigenvalue weighted by molar-refractivity contribution is 6.05. The molecule has 2 aromatic heterocycles. The fourth-order valence-electron chi connectivity index (χ4n) is 2.13. The molecule has 0 bridgehead atoms. The summed E-state index contributed by atoms with van der Waals surface area (Å²) < 4.78 is 18.8. The van der Waals surface area contributed by atoms with Crippen LogP contribution in [0.1, 0.15) is 27.3 Å². The lowest BCUT2D eigenvalue weighted by Gasteiger charge is -2.04. The van der Waals surface area contributed by atoms with Crippen molar-refractivity contribution in [1.29, 1.82) is 0 Å². The molecule has 116 valence electrons. The van der Waals surface area contributed by atoms with Gasteiger partial charge in [0.05, 0.1) is 11.8 Å². The van der Waals surface area contributed by atoms with Gasteiger partial charge in [-0.1, -0.05) is 18.2 Å². The van der Waals surface area contributed by atoms with E-state index >= 15 is 0 Å². The Hall–Kier alpha value is -3.22. The van der Waals surface area contributed by atoms with Gasteiger partial charge in [-0.15, -0.1) is 0 Å². The Morgan fingerprint density at radius 3 is 2.87 bits per heavy atom. The van der Waals surface area contributed by atoms with Crippen LogP contribution < -0.4 is 0 Å². The SMILES string of the molecule is O=C(C=C(O)c1cocc1Cc1ccccc1F)c1ncn[nH]1. The lowest BCUT2D eigenvalue weighted by atomic mass is 10.0. The third-order valence-corrected chi connectivity index (χ3v) is 3.27. The smallest absolute Gasteiger partial charge is 0.226 e. The molecule has 0 aliphatic rings. The molecule has 23 heavy (non-hydrogen) atoms. The molecule has 0 saturated heterocycles. The molecule has 1 aromatic carbocycles. The first kappa shape index (κ1) is 14.7. The number of hydrogen-bond acceptors (Lipinski definition) is 5. The minimum Gasteiger partial charge on any atom is -0.507 e. The zero-order valence-corrected chi connectivity index (χ0v) is 11.9. The highest BCUT2D eigenvalue weighted by Crippen LogP contribution is 2.23. The number of rotatable bonds is 5. The van der Waals surface area contributed by atoms with Crippen molar-refractivity contribution in [3.63, 3.8) is 0 Å². The van der Waals surface area contributed by atoms with Gasteiger partial charge in [-0.3, -0.25) is 9.89 Å². The second-order valence-corrected chi connectivity index (χ2v) is 4.81. The highest BCUT2D eigenvalue weighted by Gasteiger charge is 2.15. The number of aromatic amines is 1. The summed E-state index contributed by atoms with van der Waals surface area (Å²) in [6.07, 6.45) is 5.14. The number of aliphatic hydroxyl groups excluding tert-OH is 1. The Kier molecular flexibility index (Phi) is 4.01. The molecule has 0 unspecified atom stereocenters. The fourth-order valence-corrected chi connectivity index (χ4v) is 2.13. The Bertz CT molecular complexity index is 853. The number of allylic oxidation sites excluding steroid dienone is 1. The van der Waals surface area contributed by atoms with E-state index < -0.39 is 5.78 Å². The van der Waals surface area contributed by atoms with E-state index in [0.717, 1.165) is 6.08 Å². The summed E-state index contributed by atoms with van der Waals surface area (Å²) in [6.45, 7) is 0. The van der Waals surface area contributed by atoms with E-state index in [1.807, 2.05) is 0 Å². The number of nitrogens with one attached hydrogen (secondary N) is 1. The number of carbonyl (C=O) groups is 1. The average Bonchev–Trinajstić information content (AvgIpc) is 3.20. The van der Waals surface area contributed by atoms with E-state index in [2.05, 4.69) is 15.2 Å². The maximum atomic E-state index is 13.7. The third-order valence-electron chi connectivity index (χ3n) is 3.27. The molecule has 6 nitrogen and oxygen atoms in total. The van der Waals surface area contributed by atoms with Crippen LogP contribution in [0.25, 0.3) is 5.76 Å². The number of nitrogens with zero attached hydrogens (tertiary/aromatic N) is 2. The van der Waals surface area contributed by atoms with Crippen LogP contribution in [0.3, 0.4) is 0 Å². The van der Waals surface area contributed by atoms with Gasteiger partial charge < -0.3 is 9.52 Å². The predicted octanol–water partition coefficient (Wildman–Crippen LogP) is 2.91. The maximum Gasteiger partial charge on any atom is 0.226 e. The number of halogens is 1.